The Morgan fingerprint density at radius 3 is 3.00 bits per heavy atom. The Kier molecular flexibility index (Phi) is 3.57. The molecule has 4 heteroatoms. The third kappa shape index (κ3) is 2.61. The van der Waals surface area contributed by atoms with Gasteiger partial charge in [-0.25, -0.2) is 0 Å². The van der Waals surface area contributed by atoms with Crippen LogP contribution >= 0.6 is 0 Å². The first-order valence-corrected chi connectivity index (χ1v) is 8.94. The minimum absolute atomic E-state index is 0.381. The lowest BCUT2D eigenvalue weighted by Crippen LogP contribution is -2.57. The fourth-order valence-corrected chi connectivity index (χ4v) is 5.31. The highest BCUT2D eigenvalue weighted by Gasteiger charge is 2.51. The van der Waals surface area contributed by atoms with Crippen molar-refractivity contribution in [2.45, 2.75) is 76.5 Å². The molecule has 4 rings (SSSR count). The van der Waals surface area contributed by atoms with E-state index in [1.165, 1.54) is 19.3 Å². The van der Waals surface area contributed by atoms with Gasteiger partial charge in [0.1, 0.15) is 5.76 Å². The highest BCUT2D eigenvalue weighted by molar-refractivity contribution is 5.10. The Morgan fingerprint density at radius 2 is 2.23 bits per heavy atom. The molecule has 5 unspecified atom stereocenters. The lowest BCUT2D eigenvalue weighted by molar-refractivity contribution is -0.120. The van der Waals surface area contributed by atoms with Crippen LogP contribution in [0, 0.1) is 17.8 Å². The predicted octanol–water partition coefficient (Wildman–Crippen LogP) is 3.22. The summed E-state index contributed by atoms with van der Waals surface area (Å²) in [6.45, 7) is 4.99. The largest absolute Gasteiger partial charge is 0.390 e. The molecule has 122 valence electrons. The van der Waals surface area contributed by atoms with Gasteiger partial charge in [-0.15, -0.1) is 0 Å². The summed E-state index contributed by atoms with van der Waals surface area (Å²) < 4.78 is 5.38. The van der Waals surface area contributed by atoms with Crippen molar-refractivity contribution in [3.8, 4) is 0 Å². The van der Waals surface area contributed by atoms with E-state index in [2.05, 4.69) is 30.4 Å². The van der Waals surface area contributed by atoms with Gasteiger partial charge < -0.3 is 14.9 Å². The molecule has 22 heavy (non-hydrogen) atoms. The number of hydrogen-bond acceptors (Lipinski definition) is 4. The number of aromatic nitrogens is 1. The van der Waals surface area contributed by atoms with Crippen molar-refractivity contribution in [3.05, 3.63) is 17.5 Å². The highest BCUT2D eigenvalue weighted by Crippen LogP contribution is 2.54. The van der Waals surface area contributed by atoms with Crippen LogP contribution in [-0.4, -0.2) is 21.9 Å². The molecule has 1 heterocycles. The smallest absolute Gasteiger partial charge is 0.139 e. The maximum Gasteiger partial charge on any atom is 0.139 e. The van der Waals surface area contributed by atoms with E-state index in [4.69, 9.17) is 4.52 Å². The summed E-state index contributed by atoms with van der Waals surface area (Å²) in [5.74, 6) is 3.59. The average molecular weight is 304 g/mol. The van der Waals surface area contributed by atoms with Crippen LogP contribution in [0.4, 0.5) is 0 Å². The number of aliphatic hydroxyl groups is 1. The van der Waals surface area contributed by atoms with Gasteiger partial charge in [0.2, 0.25) is 0 Å². The molecule has 1 aromatic heterocycles. The summed E-state index contributed by atoms with van der Waals surface area (Å²) in [6, 6.07) is 2.50. The Hall–Kier alpha value is -0.870. The van der Waals surface area contributed by atoms with E-state index in [0.717, 1.165) is 55.0 Å². The molecule has 2 N–H and O–H groups in total. The van der Waals surface area contributed by atoms with E-state index in [9.17, 15) is 5.11 Å². The minimum Gasteiger partial charge on any atom is -0.390 e. The Labute approximate surface area is 132 Å². The normalized spacial score (nSPS) is 40.4. The number of nitrogens with zero attached hydrogens (tertiary/aromatic N) is 1. The zero-order valence-electron chi connectivity index (χ0n) is 13.7. The molecule has 0 aliphatic heterocycles. The molecule has 3 bridgehead atoms. The minimum atomic E-state index is -0.408. The van der Waals surface area contributed by atoms with E-state index in [-0.39, 0.29) is 0 Å². The van der Waals surface area contributed by atoms with Gasteiger partial charge in [-0.05, 0) is 56.3 Å². The lowest BCUT2D eigenvalue weighted by atomic mass is 9.54. The van der Waals surface area contributed by atoms with E-state index in [1.54, 1.807) is 0 Å². The van der Waals surface area contributed by atoms with E-state index in [0.29, 0.717) is 12.0 Å². The van der Waals surface area contributed by atoms with Gasteiger partial charge in [-0.1, -0.05) is 19.0 Å². The third-order valence-corrected chi connectivity index (χ3v) is 6.27. The van der Waals surface area contributed by atoms with Crippen molar-refractivity contribution < 1.29 is 9.63 Å². The molecule has 4 nitrogen and oxygen atoms in total. The standard InChI is InChI=1S/C18H28N2O2/c1-11(2)17-6-14(20-22-17)10-19-16-9-18(21)7-12-3-4-15(16)13(5-12)8-18/h6,11-13,15-16,19,21H,3-5,7-10H2,1-2H3. The van der Waals surface area contributed by atoms with Crippen molar-refractivity contribution in [1.29, 1.82) is 0 Å². The number of hydrogen-bond donors (Lipinski definition) is 2. The van der Waals surface area contributed by atoms with Crippen molar-refractivity contribution >= 4 is 0 Å². The molecular weight excluding hydrogens is 276 g/mol. The molecule has 3 fully saturated rings. The Morgan fingerprint density at radius 1 is 1.36 bits per heavy atom. The Balaban J connectivity index is 1.43. The van der Waals surface area contributed by atoms with Gasteiger partial charge in [-0.2, -0.15) is 0 Å². The quantitative estimate of drug-likeness (QED) is 0.896. The maximum atomic E-state index is 10.9. The second kappa shape index (κ2) is 5.34. The van der Waals surface area contributed by atoms with Crippen LogP contribution in [0.5, 0.6) is 0 Å². The highest BCUT2D eigenvalue weighted by atomic mass is 16.5. The fourth-order valence-electron chi connectivity index (χ4n) is 5.31. The van der Waals surface area contributed by atoms with Crippen LogP contribution in [0.15, 0.2) is 10.6 Å². The fraction of sp³-hybridized carbons (Fsp3) is 0.833. The summed E-state index contributed by atoms with van der Waals surface area (Å²) in [5.41, 5.74) is 0.579. The molecule has 0 amide bonds. The molecule has 0 spiro atoms. The topological polar surface area (TPSA) is 58.3 Å². The van der Waals surface area contributed by atoms with Crippen molar-refractivity contribution in [3.63, 3.8) is 0 Å². The Bertz CT molecular complexity index is 537. The molecular formula is C18H28N2O2. The first-order chi connectivity index (χ1) is 10.5. The first-order valence-electron chi connectivity index (χ1n) is 8.94. The van der Waals surface area contributed by atoms with Crippen LogP contribution in [0.1, 0.15) is 69.7 Å². The van der Waals surface area contributed by atoms with Gasteiger partial charge in [0.05, 0.1) is 11.3 Å². The molecule has 3 saturated carbocycles. The zero-order valence-corrected chi connectivity index (χ0v) is 13.7. The molecule has 5 atom stereocenters. The van der Waals surface area contributed by atoms with E-state index in [1.807, 2.05) is 0 Å². The van der Waals surface area contributed by atoms with Crippen LogP contribution in [0.25, 0.3) is 0 Å². The summed E-state index contributed by atoms with van der Waals surface area (Å²) >= 11 is 0. The summed E-state index contributed by atoms with van der Waals surface area (Å²) in [5, 5.41) is 18.8. The second-order valence-electron chi connectivity index (χ2n) is 8.30. The van der Waals surface area contributed by atoms with Crippen molar-refractivity contribution in [2.24, 2.45) is 17.8 Å². The molecule has 1 aromatic rings. The van der Waals surface area contributed by atoms with Crippen LogP contribution in [0.3, 0.4) is 0 Å². The van der Waals surface area contributed by atoms with Gasteiger partial charge in [0, 0.05) is 24.6 Å². The van der Waals surface area contributed by atoms with Crippen LogP contribution in [0.2, 0.25) is 0 Å². The first kappa shape index (κ1) is 14.7. The molecule has 3 aliphatic rings. The number of rotatable bonds is 4. The van der Waals surface area contributed by atoms with Crippen molar-refractivity contribution in [2.75, 3.05) is 0 Å². The molecule has 0 radical (unpaired) electrons. The number of fused-ring (bicyclic) bond motifs is 2. The van der Waals surface area contributed by atoms with Gasteiger partial charge in [0.15, 0.2) is 0 Å². The van der Waals surface area contributed by atoms with Gasteiger partial charge in [0.25, 0.3) is 0 Å². The molecule has 0 aromatic carbocycles. The zero-order chi connectivity index (χ0) is 15.3. The second-order valence-corrected chi connectivity index (χ2v) is 8.30. The maximum absolute atomic E-state index is 10.9. The van der Waals surface area contributed by atoms with Crippen LogP contribution in [-0.2, 0) is 6.54 Å². The van der Waals surface area contributed by atoms with Gasteiger partial charge >= 0.3 is 0 Å². The van der Waals surface area contributed by atoms with Gasteiger partial charge in [-0.3, -0.25) is 0 Å². The van der Waals surface area contributed by atoms with Crippen LogP contribution < -0.4 is 5.32 Å². The molecule has 0 saturated heterocycles. The predicted molar refractivity (Wildman–Crippen MR) is 84.3 cm³/mol. The summed E-state index contributed by atoms with van der Waals surface area (Å²) in [7, 11) is 0. The summed E-state index contributed by atoms with van der Waals surface area (Å²) in [4.78, 5) is 0. The third-order valence-electron chi connectivity index (χ3n) is 6.27. The SMILES string of the molecule is CC(C)c1cc(CNC2CC3(O)CC4CCC2C(C4)C3)no1. The number of nitrogens with one attached hydrogen (secondary N) is 1. The summed E-state index contributed by atoms with van der Waals surface area (Å²) in [6.07, 6.45) is 6.96. The monoisotopic (exact) mass is 304 g/mol. The lowest BCUT2D eigenvalue weighted by Gasteiger charge is -2.55. The molecule has 3 aliphatic carbocycles. The van der Waals surface area contributed by atoms with E-state index < -0.39 is 5.60 Å². The van der Waals surface area contributed by atoms with Crippen molar-refractivity contribution in [1.82, 2.24) is 10.5 Å². The van der Waals surface area contributed by atoms with E-state index >= 15 is 0 Å². The average Bonchev–Trinajstić information content (AvgIpc) is 2.91.